The molecule has 0 aliphatic rings. The molecule has 0 saturated heterocycles. The van der Waals surface area contributed by atoms with Crippen molar-refractivity contribution in [1.82, 2.24) is 0 Å². The largest absolute Gasteiger partial charge is 0.330 e. The summed E-state index contributed by atoms with van der Waals surface area (Å²) in [6.07, 6.45) is 1.20. The van der Waals surface area contributed by atoms with Crippen LogP contribution in [0.15, 0.2) is 28.7 Å². The number of hydrogen-bond donors (Lipinski definition) is 2. The van der Waals surface area contributed by atoms with E-state index in [-0.39, 0.29) is 5.91 Å². The Morgan fingerprint density at radius 3 is 2.93 bits per heavy atom. The van der Waals surface area contributed by atoms with Crippen LogP contribution in [-0.4, -0.2) is 12.5 Å². The Balaban J connectivity index is 2.47. The molecule has 0 bridgehead atoms. The Kier molecular flexibility index (Phi) is 4.62. The number of amides is 1. The highest BCUT2D eigenvalue weighted by Gasteiger charge is 2.00. The van der Waals surface area contributed by atoms with Crippen molar-refractivity contribution in [2.24, 2.45) is 5.73 Å². The number of nitrogens with two attached hydrogens (primary N) is 1. The van der Waals surface area contributed by atoms with Crippen LogP contribution in [0.2, 0.25) is 0 Å². The zero-order valence-corrected chi connectivity index (χ0v) is 9.38. The van der Waals surface area contributed by atoms with Gasteiger partial charge in [-0.2, -0.15) is 0 Å². The first-order chi connectivity index (χ1) is 6.72. The van der Waals surface area contributed by atoms with Gasteiger partial charge in [-0.05, 0) is 31.2 Å². The van der Waals surface area contributed by atoms with Gasteiger partial charge in [0.15, 0.2) is 0 Å². The fourth-order valence-corrected chi connectivity index (χ4v) is 1.45. The molecule has 14 heavy (non-hydrogen) atoms. The van der Waals surface area contributed by atoms with E-state index in [2.05, 4.69) is 21.2 Å². The van der Waals surface area contributed by atoms with Crippen molar-refractivity contribution >= 4 is 27.5 Å². The number of halogens is 1. The zero-order valence-electron chi connectivity index (χ0n) is 7.79. The van der Waals surface area contributed by atoms with Crippen molar-refractivity contribution in [3.63, 3.8) is 0 Å². The van der Waals surface area contributed by atoms with E-state index >= 15 is 0 Å². The van der Waals surface area contributed by atoms with Crippen LogP contribution in [0.4, 0.5) is 5.69 Å². The maximum Gasteiger partial charge on any atom is 0.224 e. The molecule has 0 unspecified atom stereocenters. The minimum atomic E-state index is 0.00792. The molecule has 0 aliphatic carbocycles. The van der Waals surface area contributed by atoms with Crippen LogP contribution in [0.3, 0.4) is 0 Å². The topological polar surface area (TPSA) is 55.1 Å². The van der Waals surface area contributed by atoms with Crippen LogP contribution in [0, 0.1) is 0 Å². The number of carbonyl (C=O) groups is 1. The monoisotopic (exact) mass is 256 g/mol. The molecule has 0 radical (unpaired) electrons. The van der Waals surface area contributed by atoms with Crippen LogP contribution in [0.1, 0.15) is 12.8 Å². The molecule has 76 valence electrons. The summed E-state index contributed by atoms with van der Waals surface area (Å²) in [5.41, 5.74) is 6.11. The van der Waals surface area contributed by atoms with Crippen molar-refractivity contribution < 1.29 is 4.79 Å². The summed E-state index contributed by atoms with van der Waals surface area (Å²) in [6, 6.07) is 7.50. The van der Waals surface area contributed by atoms with Gasteiger partial charge in [0.2, 0.25) is 5.91 Å². The fourth-order valence-electron chi connectivity index (χ4n) is 1.05. The van der Waals surface area contributed by atoms with Crippen molar-refractivity contribution in [1.29, 1.82) is 0 Å². The first-order valence-corrected chi connectivity index (χ1v) is 5.27. The summed E-state index contributed by atoms with van der Waals surface area (Å²) < 4.78 is 0.953. The SMILES string of the molecule is NCCCC(=O)Nc1cccc(Br)c1. The standard InChI is InChI=1S/C10H13BrN2O/c11-8-3-1-4-9(7-8)13-10(14)5-2-6-12/h1,3-4,7H,2,5-6,12H2,(H,13,14). The van der Waals surface area contributed by atoms with Crippen molar-refractivity contribution in [2.45, 2.75) is 12.8 Å². The third-order valence-corrected chi connectivity index (χ3v) is 2.21. The van der Waals surface area contributed by atoms with E-state index in [1.165, 1.54) is 0 Å². The highest BCUT2D eigenvalue weighted by atomic mass is 79.9. The average Bonchev–Trinajstić information content (AvgIpc) is 2.15. The van der Waals surface area contributed by atoms with Gasteiger partial charge in [-0.3, -0.25) is 4.79 Å². The van der Waals surface area contributed by atoms with E-state index in [1.807, 2.05) is 24.3 Å². The molecule has 3 N–H and O–H groups in total. The van der Waals surface area contributed by atoms with E-state index in [4.69, 9.17) is 5.73 Å². The molecule has 0 aromatic heterocycles. The molecule has 0 fully saturated rings. The summed E-state index contributed by atoms with van der Waals surface area (Å²) >= 11 is 3.33. The lowest BCUT2D eigenvalue weighted by Crippen LogP contribution is -2.13. The maximum absolute atomic E-state index is 11.3. The number of rotatable bonds is 4. The maximum atomic E-state index is 11.3. The minimum Gasteiger partial charge on any atom is -0.330 e. The van der Waals surface area contributed by atoms with Gasteiger partial charge in [0.05, 0.1) is 0 Å². The van der Waals surface area contributed by atoms with Gasteiger partial charge in [0.25, 0.3) is 0 Å². The van der Waals surface area contributed by atoms with E-state index in [9.17, 15) is 4.79 Å². The Bertz CT molecular complexity index is 315. The van der Waals surface area contributed by atoms with Gasteiger partial charge in [0.1, 0.15) is 0 Å². The molecule has 0 aliphatic heterocycles. The molecule has 1 rings (SSSR count). The Labute approximate surface area is 91.8 Å². The molecule has 0 spiro atoms. The summed E-state index contributed by atoms with van der Waals surface area (Å²) in [7, 11) is 0. The summed E-state index contributed by atoms with van der Waals surface area (Å²) in [6.45, 7) is 0.548. The third-order valence-electron chi connectivity index (χ3n) is 1.72. The summed E-state index contributed by atoms with van der Waals surface area (Å²) in [5.74, 6) is 0.00792. The van der Waals surface area contributed by atoms with Gasteiger partial charge in [-0.25, -0.2) is 0 Å². The number of hydrogen-bond acceptors (Lipinski definition) is 2. The molecule has 0 saturated carbocycles. The molecule has 0 heterocycles. The second-order valence-electron chi connectivity index (χ2n) is 2.95. The van der Waals surface area contributed by atoms with Gasteiger partial charge >= 0.3 is 0 Å². The molecule has 4 heteroatoms. The van der Waals surface area contributed by atoms with Crippen molar-refractivity contribution in [2.75, 3.05) is 11.9 Å². The smallest absolute Gasteiger partial charge is 0.224 e. The highest BCUT2D eigenvalue weighted by molar-refractivity contribution is 9.10. The first kappa shape index (κ1) is 11.2. The molecule has 0 atom stereocenters. The first-order valence-electron chi connectivity index (χ1n) is 4.48. The lowest BCUT2D eigenvalue weighted by atomic mass is 10.2. The van der Waals surface area contributed by atoms with Gasteiger partial charge in [0, 0.05) is 16.6 Å². The van der Waals surface area contributed by atoms with E-state index in [1.54, 1.807) is 0 Å². The normalized spacial score (nSPS) is 9.86. The number of nitrogens with one attached hydrogen (secondary N) is 1. The molecule has 1 amide bonds. The van der Waals surface area contributed by atoms with Gasteiger partial charge in [-0.15, -0.1) is 0 Å². The van der Waals surface area contributed by atoms with Crippen LogP contribution in [0.25, 0.3) is 0 Å². The quantitative estimate of drug-likeness (QED) is 0.868. The highest BCUT2D eigenvalue weighted by Crippen LogP contribution is 2.15. The van der Waals surface area contributed by atoms with Gasteiger partial charge in [-0.1, -0.05) is 22.0 Å². The van der Waals surface area contributed by atoms with Crippen LogP contribution in [0.5, 0.6) is 0 Å². The number of anilines is 1. The van der Waals surface area contributed by atoms with Gasteiger partial charge < -0.3 is 11.1 Å². The van der Waals surface area contributed by atoms with Crippen LogP contribution < -0.4 is 11.1 Å². The Hall–Kier alpha value is -0.870. The van der Waals surface area contributed by atoms with E-state index in [0.29, 0.717) is 13.0 Å². The predicted octanol–water partition coefficient (Wildman–Crippen LogP) is 2.13. The van der Waals surface area contributed by atoms with E-state index in [0.717, 1.165) is 16.6 Å². The number of benzene rings is 1. The predicted molar refractivity (Wildman–Crippen MR) is 61.1 cm³/mol. The minimum absolute atomic E-state index is 0.00792. The lowest BCUT2D eigenvalue weighted by molar-refractivity contribution is -0.116. The van der Waals surface area contributed by atoms with Crippen molar-refractivity contribution in [3.8, 4) is 0 Å². The zero-order chi connectivity index (χ0) is 10.4. The lowest BCUT2D eigenvalue weighted by Gasteiger charge is -2.04. The molecular weight excluding hydrogens is 244 g/mol. The Morgan fingerprint density at radius 2 is 2.29 bits per heavy atom. The third kappa shape index (κ3) is 3.89. The van der Waals surface area contributed by atoms with E-state index < -0.39 is 0 Å². The van der Waals surface area contributed by atoms with Crippen molar-refractivity contribution in [3.05, 3.63) is 28.7 Å². The fraction of sp³-hybridized carbons (Fsp3) is 0.300. The average molecular weight is 257 g/mol. The second-order valence-corrected chi connectivity index (χ2v) is 3.87. The molecule has 1 aromatic carbocycles. The van der Waals surface area contributed by atoms with Crippen LogP contribution in [-0.2, 0) is 4.79 Å². The number of carbonyl (C=O) groups excluding carboxylic acids is 1. The second kappa shape index (κ2) is 5.78. The molecule has 3 nitrogen and oxygen atoms in total. The molecule has 1 aromatic rings. The summed E-state index contributed by atoms with van der Waals surface area (Å²) in [5, 5.41) is 2.79. The van der Waals surface area contributed by atoms with Crippen LogP contribution >= 0.6 is 15.9 Å². The Morgan fingerprint density at radius 1 is 1.50 bits per heavy atom. The summed E-state index contributed by atoms with van der Waals surface area (Å²) in [4.78, 5) is 11.3. The molecular formula is C10H13BrN2O.